The van der Waals surface area contributed by atoms with Crippen molar-refractivity contribution in [2.75, 3.05) is 5.01 Å². The lowest BCUT2D eigenvalue weighted by Gasteiger charge is -2.23. The van der Waals surface area contributed by atoms with Crippen LogP contribution in [0.2, 0.25) is 0 Å². The van der Waals surface area contributed by atoms with Crippen molar-refractivity contribution in [2.24, 2.45) is 0 Å². The van der Waals surface area contributed by atoms with Crippen LogP contribution < -0.4 is 5.01 Å². The zero-order valence-corrected chi connectivity index (χ0v) is 22.5. The lowest BCUT2D eigenvalue weighted by molar-refractivity contribution is 0.0851. The van der Waals surface area contributed by atoms with Gasteiger partial charge in [0.25, 0.3) is 11.8 Å². The summed E-state index contributed by atoms with van der Waals surface area (Å²) in [7, 11) is 0. The standard InChI is InChI=1S/C36H24N4O2/c41-35(31-23-11-19-25-13-7-9-21-29(25)31)39(36(42)32-24-12-20-26-14-8-10-22-30(26)32)40-34(28-17-5-2-6-18-28)33(37-38-40)27-15-3-1-4-16-27/h1-24H. The zero-order valence-electron chi connectivity index (χ0n) is 22.5. The fourth-order valence-corrected chi connectivity index (χ4v) is 5.37. The predicted octanol–water partition coefficient (Wildman–Crippen LogP) is 7.54. The molecule has 0 aliphatic heterocycles. The molecule has 0 unspecified atom stereocenters. The van der Waals surface area contributed by atoms with Gasteiger partial charge in [0.1, 0.15) is 11.4 Å². The van der Waals surface area contributed by atoms with Crippen LogP contribution in [0, 0.1) is 0 Å². The quantitative estimate of drug-likeness (QED) is 0.210. The van der Waals surface area contributed by atoms with Crippen molar-refractivity contribution in [3.63, 3.8) is 0 Å². The van der Waals surface area contributed by atoms with Gasteiger partial charge >= 0.3 is 0 Å². The Hall–Kier alpha value is -5.88. The number of imide groups is 1. The highest BCUT2D eigenvalue weighted by Gasteiger charge is 2.33. The number of carbonyl (C=O) groups is 2. The molecule has 0 atom stereocenters. The van der Waals surface area contributed by atoms with E-state index < -0.39 is 11.8 Å². The molecule has 2 amide bonds. The van der Waals surface area contributed by atoms with Crippen molar-refractivity contribution in [2.45, 2.75) is 0 Å². The van der Waals surface area contributed by atoms with Gasteiger partial charge in [0.2, 0.25) is 0 Å². The molecule has 0 aliphatic carbocycles. The first-order valence-electron chi connectivity index (χ1n) is 13.6. The van der Waals surface area contributed by atoms with E-state index >= 15 is 0 Å². The zero-order chi connectivity index (χ0) is 28.5. The van der Waals surface area contributed by atoms with Crippen LogP contribution in [0.5, 0.6) is 0 Å². The molecule has 42 heavy (non-hydrogen) atoms. The summed E-state index contributed by atoms with van der Waals surface area (Å²) in [5.74, 6) is -1.02. The van der Waals surface area contributed by atoms with Crippen molar-refractivity contribution in [1.29, 1.82) is 0 Å². The molecule has 200 valence electrons. The van der Waals surface area contributed by atoms with Crippen LogP contribution in [0.4, 0.5) is 0 Å². The van der Waals surface area contributed by atoms with Crippen molar-refractivity contribution in [3.8, 4) is 22.5 Å². The number of carbonyl (C=O) groups excluding carboxylic acids is 2. The Morgan fingerprint density at radius 1 is 0.500 bits per heavy atom. The van der Waals surface area contributed by atoms with Crippen LogP contribution >= 0.6 is 0 Å². The van der Waals surface area contributed by atoms with Gasteiger partial charge in [0.15, 0.2) is 0 Å². The maximum Gasteiger partial charge on any atom is 0.282 e. The molecule has 0 radical (unpaired) electrons. The highest BCUT2D eigenvalue weighted by atomic mass is 16.2. The maximum absolute atomic E-state index is 14.7. The van der Waals surface area contributed by atoms with E-state index in [0.29, 0.717) is 22.5 Å². The third kappa shape index (κ3) is 4.32. The number of nitrogens with zero attached hydrogens (tertiary/aromatic N) is 4. The molecule has 0 aliphatic rings. The summed E-state index contributed by atoms with van der Waals surface area (Å²) in [5.41, 5.74) is 3.45. The second kappa shape index (κ2) is 10.6. The molecule has 0 saturated heterocycles. The van der Waals surface area contributed by atoms with Crippen molar-refractivity contribution in [1.82, 2.24) is 15.1 Å². The van der Waals surface area contributed by atoms with Crippen molar-refractivity contribution < 1.29 is 9.59 Å². The maximum atomic E-state index is 14.7. The minimum atomic E-state index is -0.508. The fraction of sp³-hybridized carbons (Fsp3) is 0. The molecule has 1 heterocycles. The molecule has 6 aromatic carbocycles. The average Bonchev–Trinajstić information content (AvgIpc) is 3.49. The summed E-state index contributed by atoms with van der Waals surface area (Å²) in [5, 5.41) is 13.4. The van der Waals surface area contributed by atoms with E-state index in [0.717, 1.165) is 37.7 Å². The third-order valence-electron chi connectivity index (χ3n) is 7.36. The highest BCUT2D eigenvalue weighted by Crippen LogP contribution is 2.32. The van der Waals surface area contributed by atoms with E-state index in [1.165, 1.54) is 4.79 Å². The SMILES string of the molecule is O=C(c1cccc2ccccc12)N(C(=O)c1cccc2ccccc12)n1nnc(-c2ccccc2)c1-c1ccccc1. The number of rotatable bonds is 5. The molecular weight excluding hydrogens is 520 g/mol. The second-order valence-electron chi connectivity index (χ2n) is 9.88. The van der Waals surface area contributed by atoms with Crippen LogP contribution in [-0.2, 0) is 0 Å². The van der Waals surface area contributed by atoms with Gasteiger partial charge < -0.3 is 0 Å². The Bertz CT molecular complexity index is 1980. The second-order valence-corrected chi connectivity index (χ2v) is 9.88. The molecule has 0 N–H and O–H groups in total. The first kappa shape index (κ1) is 25.1. The monoisotopic (exact) mass is 544 g/mol. The topological polar surface area (TPSA) is 68.1 Å². The minimum absolute atomic E-state index is 0.387. The number of amides is 2. The lowest BCUT2D eigenvalue weighted by atomic mass is 10.0. The highest BCUT2D eigenvalue weighted by molar-refractivity contribution is 6.26. The molecule has 0 fully saturated rings. The van der Waals surface area contributed by atoms with E-state index in [-0.39, 0.29) is 0 Å². The predicted molar refractivity (Wildman–Crippen MR) is 166 cm³/mol. The van der Waals surface area contributed by atoms with Gasteiger partial charge in [-0.1, -0.05) is 133 Å². The number of aromatic nitrogens is 3. The van der Waals surface area contributed by atoms with Crippen molar-refractivity contribution >= 4 is 33.4 Å². The molecule has 7 aromatic rings. The number of benzene rings is 6. The Kier molecular flexibility index (Phi) is 6.33. The Morgan fingerprint density at radius 3 is 1.50 bits per heavy atom. The van der Waals surface area contributed by atoms with Gasteiger partial charge in [-0.2, -0.15) is 5.01 Å². The normalized spacial score (nSPS) is 11.0. The van der Waals surface area contributed by atoms with Crippen LogP contribution in [-0.4, -0.2) is 26.9 Å². The van der Waals surface area contributed by atoms with E-state index in [9.17, 15) is 9.59 Å². The molecule has 0 bridgehead atoms. The molecule has 0 spiro atoms. The Labute approximate surface area is 242 Å². The first-order valence-corrected chi connectivity index (χ1v) is 13.6. The van der Waals surface area contributed by atoms with Crippen LogP contribution in [0.3, 0.4) is 0 Å². The molecule has 7 rings (SSSR count). The lowest BCUT2D eigenvalue weighted by Crippen LogP contribution is -2.46. The largest absolute Gasteiger partial charge is 0.282 e. The van der Waals surface area contributed by atoms with Gasteiger partial charge in [0, 0.05) is 22.3 Å². The summed E-state index contributed by atoms with van der Waals surface area (Å²) in [6.07, 6.45) is 0. The minimum Gasteiger partial charge on any atom is -0.267 e. The van der Waals surface area contributed by atoms with E-state index in [1.54, 1.807) is 12.1 Å². The smallest absolute Gasteiger partial charge is 0.267 e. The van der Waals surface area contributed by atoms with Gasteiger partial charge in [-0.05, 0) is 38.9 Å². The van der Waals surface area contributed by atoms with E-state index in [4.69, 9.17) is 0 Å². The molecule has 6 heteroatoms. The Balaban J connectivity index is 1.50. The van der Waals surface area contributed by atoms with Crippen molar-refractivity contribution in [3.05, 3.63) is 157 Å². The van der Waals surface area contributed by atoms with E-state index in [2.05, 4.69) is 10.3 Å². The molecule has 6 nitrogen and oxygen atoms in total. The van der Waals surface area contributed by atoms with Gasteiger partial charge in [-0.3, -0.25) is 9.59 Å². The van der Waals surface area contributed by atoms with E-state index in [1.807, 2.05) is 133 Å². The van der Waals surface area contributed by atoms with Gasteiger partial charge in [-0.25, -0.2) is 0 Å². The average molecular weight is 545 g/mol. The summed E-state index contributed by atoms with van der Waals surface area (Å²) in [6, 6.07) is 45.5. The summed E-state index contributed by atoms with van der Waals surface area (Å²) < 4.78 is 0. The third-order valence-corrected chi connectivity index (χ3v) is 7.36. The number of hydrogen-bond acceptors (Lipinski definition) is 4. The van der Waals surface area contributed by atoms with Crippen LogP contribution in [0.25, 0.3) is 44.1 Å². The van der Waals surface area contributed by atoms with Crippen LogP contribution in [0.15, 0.2) is 146 Å². The summed E-state index contributed by atoms with van der Waals surface area (Å²) in [4.78, 5) is 30.7. The molecule has 1 aromatic heterocycles. The van der Waals surface area contributed by atoms with Crippen LogP contribution in [0.1, 0.15) is 20.7 Å². The number of hydrogen-bond donors (Lipinski definition) is 0. The number of fused-ring (bicyclic) bond motifs is 2. The molecule has 0 saturated carbocycles. The first-order chi connectivity index (χ1) is 20.7. The molecular formula is C36H24N4O2. The Morgan fingerprint density at radius 2 is 0.952 bits per heavy atom. The fourth-order valence-electron chi connectivity index (χ4n) is 5.37. The van der Waals surface area contributed by atoms with Gasteiger partial charge in [0.05, 0.1) is 0 Å². The summed E-state index contributed by atoms with van der Waals surface area (Å²) >= 11 is 0. The van der Waals surface area contributed by atoms with Gasteiger partial charge in [-0.15, -0.1) is 9.89 Å². The summed E-state index contributed by atoms with van der Waals surface area (Å²) in [6.45, 7) is 0.